The van der Waals surface area contributed by atoms with Crippen LogP contribution in [0.5, 0.6) is 5.75 Å². The molecule has 0 aliphatic carbocycles. The highest BCUT2D eigenvalue weighted by Crippen LogP contribution is 2.26. The predicted molar refractivity (Wildman–Crippen MR) is 90.0 cm³/mol. The standard InChI is InChI=1S/C18H25N3O2/c1-5-14-16(18(22)20-10-12(2)9-13(3)11-20)21-8-6-7-15(23-4)17(21)19-14/h6-8,12-13H,5,9-11H2,1-4H3. The number of carbonyl (C=O) groups excluding carboxylic acids is 1. The summed E-state index contributed by atoms with van der Waals surface area (Å²) in [4.78, 5) is 19.8. The topological polar surface area (TPSA) is 46.8 Å². The lowest BCUT2D eigenvalue weighted by atomic mass is 9.91. The molecule has 1 aliphatic rings. The number of methoxy groups -OCH3 is 1. The summed E-state index contributed by atoms with van der Waals surface area (Å²) in [5.74, 6) is 1.87. The van der Waals surface area contributed by atoms with Crippen LogP contribution in [-0.2, 0) is 6.42 Å². The first-order valence-electron chi connectivity index (χ1n) is 8.38. The smallest absolute Gasteiger partial charge is 0.272 e. The average Bonchev–Trinajstić information content (AvgIpc) is 2.91. The third kappa shape index (κ3) is 2.80. The van der Waals surface area contributed by atoms with Crippen LogP contribution in [0.3, 0.4) is 0 Å². The second-order valence-electron chi connectivity index (χ2n) is 6.69. The number of hydrogen-bond donors (Lipinski definition) is 0. The highest BCUT2D eigenvalue weighted by molar-refractivity contribution is 5.95. The minimum atomic E-state index is 0.0843. The molecule has 3 heterocycles. The van der Waals surface area contributed by atoms with Crippen LogP contribution in [0.15, 0.2) is 18.3 Å². The van der Waals surface area contributed by atoms with E-state index in [1.807, 2.05) is 34.6 Å². The predicted octanol–water partition coefficient (Wildman–Crippen LogP) is 3.02. The SMILES string of the molecule is CCc1nc2c(OC)cccn2c1C(=O)N1CC(C)CC(C)C1. The summed E-state index contributed by atoms with van der Waals surface area (Å²) in [7, 11) is 1.63. The van der Waals surface area contributed by atoms with E-state index in [0.717, 1.165) is 25.2 Å². The molecule has 5 nitrogen and oxygen atoms in total. The summed E-state index contributed by atoms with van der Waals surface area (Å²) in [5.41, 5.74) is 2.24. The van der Waals surface area contributed by atoms with Gasteiger partial charge in [-0.15, -0.1) is 0 Å². The normalized spacial score (nSPS) is 21.7. The van der Waals surface area contributed by atoms with E-state index >= 15 is 0 Å². The molecule has 3 rings (SSSR count). The molecule has 1 fully saturated rings. The first kappa shape index (κ1) is 15.8. The Balaban J connectivity index is 2.06. The summed E-state index contributed by atoms with van der Waals surface area (Å²) < 4.78 is 7.27. The number of nitrogens with zero attached hydrogens (tertiary/aromatic N) is 3. The number of carbonyl (C=O) groups is 1. The van der Waals surface area contributed by atoms with Gasteiger partial charge < -0.3 is 9.64 Å². The molecule has 1 aliphatic heterocycles. The number of imidazole rings is 1. The number of piperidine rings is 1. The fourth-order valence-corrected chi connectivity index (χ4v) is 3.70. The van der Waals surface area contributed by atoms with Crippen LogP contribution in [0.25, 0.3) is 5.65 Å². The summed E-state index contributed by atoms with van der Waals surface area (Å²) in [6.07, 6.45) is 3.81. The van der Waals surface area contributed by atoms with Crippen LogP contribution < -0.4 is 4.74 Å². The van der Waals surface area contributed by atoms with Gasteiger partial charge in [0.15, 0.2) is 11.4 Å². The Morgan fingerprint density at radius 1 is 1.35 bits per heavy atom. The quantitative estimate of drug-likeness (QED) is 0.874. The molecule has 0 aromatic carbocycles. The molecule has 2 aromatic heterocycles. The van der Waals surface area contributed by atoms with Gasteiger partial charge in [0, 0.05) is 19.3 Å². The van der Waals surface area contributed by atoms with Crippen LogP contribution in [-0.4, -0.2) is 40.4 Å². The molecule has 0 spiro atoms. The zero-order valence-corrected chi connectivity index (χ0v) is 14.4. The van der Waals surface area contributed by atoms with E-state index in [-0.39, 0.29) is 5.91 Å². The third-order valence-electron chi connectivity index (χ3n) is 4.60. The van der Waals surface area contributed by atoms with Gasteiger partial charge in [-0.05, 0) is 36.8 Å². The molecule has 124 valence electrons. The zero-order chi connectivity index (χ0) is 16.6. The molecule has 1 saturated heterocycles. The summed E-state index contributed by atoms with van der Waals surface area (Å²) >= 11 is 0. The van der Waals surface area contributed by atoms with Crippen molar-refractivity contribution in [3.63, 3.8) is 0 Å². The fraction of sp³-hybridized carbons (Fsp3) is 0.556. The Bertz CT molecular complexity index is 712. The second kappa shape index (κ2) is 6.22. The Kier molecular flexibility index (Phi) is 4.28. The number of aromatic nitrogens is 2. The van der Waals surface area contributed by atoms with Gasteiger partial charge in [-0.25, -0.2) is 4.98 Å². The minimum absolute atomic E-state index is 0.0843. The van der Waals surface area contributed by atoms with Gasteiger partial charge in [0.1, 0.15) is 5.69 Å². The largest absolute Gasteiger partial charge is 0.493 e. The summed E-state index contributed by atoms with van der Waals surface area (Å²) in [6, 6.07) is 3.77. The summed E-state index contributed by atoms with van der Waals surface area (Å²) in [5, 5.41) is 0. The average molecular weight is 315 g/mol. The molecule has 0 bridgehead atoms. The van der Waals surface area contributed by atoms with Crippen molar-refractivity contribution in [2.45, 2.75) is 33.6 Å². The number of pyridine rings is 1. The van der Waals surface area contributed by atoms with E-state index in [1.54, 1.807) is 7.11 Å². The van der Waals surface area contributed by atoms with Crippen LogP contribution in [0.1, 0.15) is 43.4 Å². The molecule has 0 saturated carbocycles. The van der Waals surface area contributed by atoms with E-state index in [4.69, 9.17) is 4.74 Å². The lowest BCUT2D eigenvalue weighted by molar-refractivity contribution is 0.0615. The van der Waals surface area contributed by atoms with E-state index < -0.39 is 0 Å². The van der Waals surface area contributed by atoms with Crippen molar-refractivity contribution in [2.75, 3.05) is 20.2 Å². The number of fused-ring (bicyclic) bond motifs is 1. The van der Waals surface area contributed by atoms with Crippen molar-refractivity contribution < 1.29 is 9.53 Å². The van der Waals surface area contributed by atoms with Gasteiger partial charge in [-0.1, -0.05) is 20.8 Å². The molecule has 2 atom stereocenters. The van der Waals surface area contributed by atoms with E-state index in [2.05, 4.69) is 18.8 Å². The van der Waals surface area contributed by atoms with Crippen molar-refractivity contribution in [1.82, 2.24) is 14.3 Å². The van der Waals surface area contributed by atoms with Crippen molar-refractivity contribution in [2.24, 2.45) is 11.8 Å². The number of amides is 1. The molecule has 5 heteroatoms. The maximum atomic E-state index is 13.2. The van der Waals surface area contributed by atoms with Crippen molar-refractivity contribution in [3.05, 3.63) is 29.7 Å². The second-order valence-corrected chi connectivity index (χ2v) is 6.69. The Labute approximate surface area is 137 Å². The Morgan fingerprint density at radius 3 is 2.65 bits per heavy atom. The number of aryl methyl sites for hydroxylation is 1. The van der Waals surface area contributed by atoms with Gasteiger partial charge in [-0.2, -0.15) is 0 Å². The monoisotopic (exact) mass is 315 g/mol. The number of hydrogen-bond acceptors (Lipinski definition) is 3. The van der Waals surface area contributed by atoms with Crippen molar-refractivity contribution in [3.8, 4) is 5.75 Å². The Morgan fingerprint density at radius 2 is 2.04 bits per heavy atom. The molecular weight excluding hydrogens is 290 g/mol. The van der Waals surface area contributed by atoms with Gasteiger partial charge in [0.05, 0.1) is 12.8 Å². The van der Waals surface area contributed by atoms with Crippen LogP contribution in [0.2, 0.25) is 0 Å². The van der Waals surface area contributed by atoms with E-state index in [9.17, 15) is 4.79 Å². The third-order valence-corrected chi connectivity index (χ3v) is 4.60. The van der Waals surface area contributed by atoms with Crippen molar-refractivity contribution in [1.29, 1.82) is 0 Å². The zero-order valence-electron chi connectivity index (χ0n) is 14.4. The molecule has 1 amide bonds. The van der Waals surface area contributed by atoms with E-state index in [0.29, 0.717) is 28.9 Å². The van der Waals surface area contributed by atoms with Gasteiger partial charge in [0.2, 0.25) is 0 Å². The fourth-order valence-electron chi connectivity index (χ4n) is 3.70. The van der Waals surface area contributed by atoms with Gasteiger partial charge in [0.25, 0.3) is 5.91 Å². The highest BCUT2D eigenvalue weighted by Gasteiger charge is 2.30. The maximum Gasteiger partial charge on any atom is 0.272 e. The van der Waals surface area contributed by atoms with Crippen LogP contribution >= 0.6 is 0 Å². The van der Waals surface area contributed by atoms with Crippen LogP contribution in [0.4, 0.5) is 0 Å². The van der Waals surface area contributed by atoms with Crippen molar-refractivity contribution >= 4 is 11.6 Å². The minimum Gasteiger partial charge on any atom is -0.493 e. The number of rotatable bonds is 3. The van der Waals surface area contributed by atoms with Gasteiger partial charge in [-0.3, -0.25) is 9.20 Å². The molecule has 2 unspecified atom stereocenters. The first-order valence-corrected chi connectivity index (χ1v) is 8.38. The van der Waals surface area contributed by atoms with E-state index in [1.165, 1.54) is 6.42 Å². The molecule has 2 aromatic rings. The maximum absolute atomic E-state index is 13.2. The lowest BCUT2D eigenvalue weighted by Crippen LogP contribution is -2.43. The highest BCUT2D eigenvalue weighted by atomic mass is 16.5. The van der Waals surface area contributed by atoms with Gasteiger partial charge >= 0.3 is 0 Å². The molecular formula is C18H25N3O2. The Hall–Kier alpha value is -2.04. The molecule has 23 heavy (non-hydrogen) atoms. The molecule has 0 N–H and O–H groups in total. The number of ether oxygens (including phenoxy) is 1. The molecule has 0 radical (unpaired) electrons. The first-order chi connectivity index (χ1) is 11.0. The van der Waals surface area contributed by atoms with Crippen LogP contribution in [0, 0.1) is 11.8 Å². The summed E-state index contributed by atoms with van der Waals surface area (Å²) in [6.45, 7) is 8.11. The lowest BCUT2D eigenvalue weighted by Gasteiger charge is -2.35. The number of likely N-dealkylation sites (tertiary alicyclic amines) is 1.